The van der Waals surface area contributed by atoms with E-state index >= 15 is 0 Å². The third-order valence-corrected chi connectivity index (χ3v) is 4.27. The maximum absolute atomic E-state index is 12.3. The molecule has 1 unspecified atom stereocenters. The van der Waals surface area contributed by atoms with Gasteiger partial charge in [0.2, 0.25) is 0 Å². The smallest absolute Gasteiger partial charge is 0.387 e. The molecule has 2 rings (SSSR count). The number of esters is 1. The summed E-state index contributed by atoms with van der Waals surface area (Å²) in [5, 5.41) is 4.26. The highest BCUT2D eigenvalue weighted by Crippen LogP contribution is 2.30. The van der Waals surface area contributed by atoms with Gasteiger partial charge in [0.05, 0.1) is 18.2 Å². The number of nitrogens with two attached hydrogens (primary N) is 1. The zero-order valence-corrected chi connectivity index (χ0v) is 15.5. The summed E-state index contributed by atoms with van der Waals surface area (Å²) in [6, 6.07) is 4.92. The zero-order valence-electron chi connectivity index (χ0n) is 14.7. The van der Waals surface area contributed by atoms with E-state index < -0.39 is 30.5 Å². The second kappa shape index (κ2) is 9.13. The van der Waals surface area contributed by atoms with Crippen LogP contribution in [-0.4, -0.2) is 37.6 Å². The first-order chi connectivity index (χ1) is 13.2. The summed E-state index contributed by atoms with van der Waals surface area (Å²) in [5.74, 6) is -2.62. The molecule has 3 N–H and O–H groups in total. The summed E-state index contributed by atoms with van der Waals surface area (Å²) in [4.78, 5) is 35.7. The van der Waals surface area contributed by atoms with Gasteiger partial charge in [0.1, 0.15) is 5.00 Å². The molecular formula is C17H16F2N2O6S. The van der Waals surface area contributed by atoms with E-state index in [4.69, 9.17) is 15.2 Å². The molecule has 0 spiro atoms. The van der Waals surface area contributed by atoms with Gasteiger partial charge < -0.3 is 25.3 Å². The predicted octanol–water partition coefficient (Wildman–Crippen LogP) is 2.64. The van der Waals surface area contributed by atoms with Crippen molar-refractivity contribution in [1.29, 1.82) is 0 Å². The van der Waals surface area contributed by atoms with Gasteiger partial charge >= 0.3 is 12.6 Å². The highest BCUT2D eigenvalue weighted by atomic mass is 32.1. The van der Waals surface area contributed by atoms with Crippen LogP contribution in [0, 0.1) is 0 Å². The van der Waals surface area contributed by atoms with Gasteiger partial charge in [-0.1, -0.05) is 0 Å². The largest absolute Gasteiger partial charge is 0.493 e. The van der Waals surface area contributed by atoms with E-state index in [1.54, 1.807) is 5.38 Å². The van der Waals surface area contributed by atoms with Crippen LogP contribution in [-0.2, 0) is 9.53 Å². The molecule has 1 heterocycles. The minimum Gasteiger partial charge on any atom is -0.493 e. The summed E-state index contributed by atoms with van der Waals surface area (Å²) < 4.78 is 38.9. The number of amides is 2. The van der Waals surface area contributed by atoms with Gasteiger partial charge in [-0.05, 0) is 36.6 Å². The summed E-state index contributed by atoms with van der Waals surface area (Å²) in [6.45, 7) is -1.73. The lowest BCUT2D eigenvalue weighted by atomic mass is 10.2. The van der Waals surface area contributed by atoms with Crippen LogP contribution in [0.2, 0.25) is 0 Å². The highest BCUT2D eigenvalue weighted by Gasteiger charge is 2.22. The summed E-state index contributed by atoms with van der Waals surface area (Å²) in [7, 11) is 1.22. The van der Waals surface area contributed by atoms with E-state index in [2.05, 4.69) is 10.1 Å². The fraction of sp³-hybridized carbons (Fsp3) is 0.235. The number of carbonyl (C=O) groups is 3. The van der Waals surface area contributed by atoms with Crippen LogP contribution < -0.4 is 20.5 Å². The lowest BCUT2D eigenvalue weighted by Crippen LogP contribution is -2.30. The number of ether oxygens (including phenoxy) is 3. The first-order valence-corrected chi connectivity index (χ1v) is 8.63. The van der Waals surface area contributed by atoms with Gasteiger partial charge in [0.25, 0.3) is 11.8 Å². The van der Waals surface area contributed by atoms with E-state index in [-0.39, 0.29) is 27.6 Å². The molecule has 0 bridgehead atoms. The number of rotatable bonds is 8. The molecule has 1 aromatic heterocycles. The number of anilines is 1. The van der Waals surface area contributed by atoms with E-state index in [0.29, 0.717) is 0 Å². The van der Waals surface area contributed by atoms with Crippen LogP contribution >= 0.6 is 11.3 Å². The molecule has 11 heteroatoms. The van der Waals surface area contributed by atoms with Gasteiger partial charge in [-0.2, -0.15) is 8.78 Å². The Hall–Kier alpha value is -3.21. The second-order valence-corrected chi connectivity index (χ2v) is 6.22. The van der Waals surface area contributed by atoms with Crippen LogP contribution in [0.25, 0.3) is 0 Å². The minimum absolute atomic E-state index is 0.0351. The fourth-order valence-electron chi connectivity index (χ4n) is 2.08. The Morgan fingerprint density at radius 1 is 1.18 bits per heavy atom. The molecular weight excluding hydrogens is 398 g/mol. The molecule has 1 aromatic carbocycles. The third kappa shape index (κ3) is 5.16. The van der Waals surface area contributed by atoms with Crippen LogP contribution in [0.15, 0.2) is 29.6 Å². The normalized spacial score (nSPS) is 11.6. The monoisotopic (exact) mass is 414 g/mol. The van der Waals surface area contributed by atoms with Crippen molar-refractivity contribution in [2.24, 2.45) is 5.73 Å². The lowest BCUT2D eigenvalue weighted by molar-refractivity contribution is -0.123. The number of halogens is 2. The Morgan fingerprint density at radius 3 is 2.50 bits per heavy atom. The second-order valence-electron chi connectivity index (χ2n) is 5.31. The molecule has 0 saturated carbocycles. The lowest BCUT2D eigenvalue weighted by Gasteiger charge is -2.14. The molecule has 0 fully saturated rings. The maximum atomic E-state index is 12.3. The number of nitrogens with one attached hydrogen (secondary N) is 1. The van der Waals surface area contributed by atoms with Crippen LogP contribution in [0.3, 0.4) is 0 Å². The Kier molecular flexibility index (Phi) is 6.88. The summed E-state index contributed by atoms with van der Waals surface area (Å²) >= 11 is 1.09. The van der Waals surface area contributed by atoms with Crippen molar-refractivity contribution in [3.63, 3.8) is 0 Å². The molecule has 0 aliphatic heterocycles. The third-order valence-electron chi connectivity index (χ3n) is 3.44. The predicted molar refractivity (Wildman–Crippen MR) is 96.0 cm³/mol. The number of alkyl halides is 2. The van der Waals surface area contributed by atoms with Gasteiger partial charge in [0.15, 0.2) is 17.6 Å². The fourth-order valence-corrected chi connectivity index (χ4v) is 2.88. The highest BCUT2D eigenvalue weighted by molar-refractivity contribution is 7.14. The number of thiophene rings is 1. The Balaban J connectivity index is 2.06. The maximum Gasteiger partial charge on any atom is 0.387 e. The van der Waals surface area contributed by atoms with E-state index in [1.807, 2.05) is 0 Å². The molecule has 2 aromatic rings. The van der Waals surface area contributed by atoms with Gasteiger partial charge in [-0.25, -0.2) is 4.79 Å². The van der Waals surface area contributed by atoms with Crippen molar-refractivity contribution in [2.45, 2.75) is 19.6 Å². The van der Waals surface area contributed by atoms with Crippen LogP contribution in [0.5, 0.6) is 11.5 Å². The van der Waals surface area contributed by atoms with Crippen molar-refractivity contribution in [3.05, 3.63) is 40.8 Å². The Bertz CT molecular complexity index is 886. The van der Waals surface area contributed by atoms with Crippen molar-refractivity contribution in [2.75, 3.05) is 12.4 Å². The molecule has 0 radical (unpaired) electrons. The standard InChI is InChI=1S/C17H16F2N2O6S/c1-8(14(23)21-15-10(13(20)22)5-6-28-15)26-16(24)9-3-4-11(27-17(18)19)12(7-9)25-2/h3-8,17H,1-2H3,(H2,20,22)(H,21,23). The first kappa shape index (κ1) is 21.1. The number of carbonyl (C=O) groups excluding carboxylic acids is 3. The topological polar surface area (TPSA) is 117 Å². The number of primary amides is 1. The molecule has 0 aliphatic carbocycles. The molecule has 2 amide bonds. The average Bonchev–Trinajstić information content (AvgIpc) is 3.09. The SMILES string of the molecule is COc1cc(C(=O)OC(C)C(=O)Nc2sccc2C(N)=O)ccc1OC(F)F. The van der Waals surface area contributed by atoms with Crippen molar-refractivity contribution >= 4 is 34.1 Å². The van der Waals surface area contributed by atoms with Crippen molar-refractivity contribution in [1.82, 2.24) is 0 Å². The average molecular weight is 414 g/mol. The first-order valence-electron chi connectivity index (χ1n) is 7.75. The molecule has 0 saturated heterocycles. The minimum atomic E-state index is -3.06. The molecule has 28 heavy (non-hydrogen) atoms. The van der Waals surface area contributed by atoms with Crippen molar-refractivity contribution < 1.29 is 37.4 Å². The molecule has 8 nitrogen and oxygen atoms in total. The molecule has 0 aliphatic rings. The van der Waals surface area contributed by atoms with E-state index in [9.17, 15) is 23.2 Å². The molecule has 1 atom stereocenters. The summed E-state index contributed by atoms with van der Waals surface area (Å²) in [6.07, 6.45) is -1.21. The number of benzene rings is 1. The Morgan fingerprint density at radius 2 is 1.89 bits per heavy atom. The zero-order chi connectivity index (χ0) is 20.8. The van der Waals surface area contributed by atoms with Gasteiger partial charge in [-0.3, -0.25) is 9.59 Å². The number of hydrogen-bond donors (Lipinski definition) is 2. The van der Waals surface area contributed by atoms with Crippen molar-refractivity contribution in [3.8, 4) is 11.5 Å². The van der Waals surface area contributed by atoms with Gasteiger partial charge in [-0.15, -0.1) is 11.3 Å². The molecule has 150 valence electrons. The van der Waals surface area contributed by atoms with E-state index in [1.165, 1.54) is 26.2 Å². The Labute approximate surface area is 162 Å². The quantitative estimate of drug-likeness (QED) is 0.642. The van der Waals surface area contributed by atoms with Crippen LogP contribution in [0.4, 0.5) is 13.8 Å². The summed E-state index contributed by atoms with van der Waals surface area (Å²) in [5.41, 5.74) is 5.30. The number of hydrogen-bond acceptors (Lipinski definition) is 7. The number of methoxy groups -OCH3 is 1. The van der Waals surface area contributed by atoms with E-state index in [0.717, 1.165) is 23.5 Å². The van der Waals surface area contributed by atoms with Crippen LogP contribution in [0.1, 0.15) is 27.6 Å². The van der Waals surface area contributed by atoms with Gasteiger partial charge in [0, 0.05) is 0 Å².